The van der Waals surface area contributed by atoms with Crippen LogP contribution < -0.4 is 0 Å². The molecule has 1 aliphatic rings. The summed E-state index contributed by atoms with van der Waals surface area (Å²) < 4.78 is 51.7. The van der Waals surface area contributed by atoms with Crippen LogP contribution in [0, 0.1) is 6.92 Å². The number of nitrogens with zero attached hydrogens (tertiary/aromatic N) is 1. The lowest BCUT2D eigenvalue weighted by molar-refractivity contribution is 0.0696. The van der Waals surface area contributed by atoms with E-state index in [9.17, 15) is 26.7 Å². The molecule has 28 heavy (non-hydrogen) atoms. The molecule has 0 aliphatic carbocycles. The van der Waals surface area contributed by atoms with E-state index < -0.39 is 31.9 Å². The number of benzene rings is 2. The fourth-order valence-electron chi connectivity index (χ4n) is 3.02. The van der Waals surface area contributed by atoms with E-state index in [0.717, 1.165) is 15.8 Å². The molecule has 0 saturated carbocycles. The topological polar surface area (TPSA) is 109 Å². The first kappa shape index (κ1) is 20.2. The molecule has 0 unspecified atom stereocenters. The lowest BCUT2D eigenvalue weighted by atomic mass is 10.1. The van der Waals surface area contributed by atoms with Crippen LogP contribution in [0.15, 0.2) is 64.9 Å². The highest BCUT2D eigenvalue weighted by Gasteiger charge is 2.36. The lowest BCUT2D eigenvalue weighted by Gasteiger charge is -2.27. The van der Waals surface area contributed by atoms with E-state index in [0.29, 0.717) is 11.1 Å². The summed E-state index contributed by atoms with van der Waals surface area (Å²) in [4.78, 5) is 11.1. The van der Waals surface area contributed by atoms with Gasteiger partial charge in [-0.1, -0.05) is 42.5 Å². The molecular formula is C19H19NO6S2. The maximum absolute atomic E-state index is 13.4. The maximum Gasteiger partial charge on any atom is 0.335 e. The van der Waals surface area contributed by atoms with Gasteiger partial charge in [0.2, 0.25) is 10.0 Å². The Kier molecular flexibility index (Phi) is 5.42. The molecule has 1 aliphatic heterocycles. The highest BCUT2D eigenvalue weighted by molar-refractivity contribution is 7.94. The van der Waals surface area contributed by atoms with E-state index in [4.69, 9.17) is 0 Å². The standard InChI is InChI=1S/C19H19NO6S2/c1-14-7-8-16(19(21)22)11-18(14)28(25,26)20(12-15-5-3-2-4-6-15)17-9-10-27(23,24)13-17/h2-11,17H,12-13H2,1H3,(H,21,22)/t17-/m1/s1. The van der Waals surface area contributed by atoms with Crippen molar-refractivity contribution in [3.05, 3.63) is 76.7 Å². The van der Waals surface area contributed by atoms with Crippen molar-refractivity contribution in [3.63, 3.8) is 0 Å². The van der Waals surface area contributed by atoms with Gasteiger partial charge in [0.15, 0.2) is 9.84 Å². The second-order valence-corrected chi connectivity index (χ2v) is 10.3. The number of hydrogen-bond donors (Lipinski definition) is 1. The van der Waals surface area contributed by atoms with Crippen LogP contribution in [0.5, 0.6) is 0 Å². The molecule has 0 spiro atoms. The Morgan fingerprint density at radius 1 is 1.18 bits per heavy atom. The van der Waals surface area contributed by atoms with Gasteiger partial charge < -0.3 is 5.11 Å². The second kappa shape index (κ2) is 7.50. The zero-order valence-electron chi connectivity index (χ0n) is 15.0. The molecule has 9 heteroatoms. The number of aryl methyl sites for hydroxylation is 1. The largest absolute Gasteiger partial charge is 0.478 e. The van der Waals surface area contributed by atoms with Crippen molar-refractivity contribution >= 4 is 25.8 Å². The minimum Gasteiger partial charge on any atom is -0.478 e. The van der Waals surface area contributed by atoms with Crippen LogP contribution in [-0.2, 0) is 26.4 Å². The third kappa shape index (κ3) is 4.16. The highest BCUT2D eigenvalue weighted by atomic mass is 32.2. The Labute approximate surface area is 163 Å². The molecule has 0 saturated heterocycles. The van der Waals surface area contributed by atoms with Crippen LogP contribution in [0.3, 0.4) is 0 Å². The maximum atomic E-state index is 13.4. The van der Waals surface area contributed by atoms with Crippen molar-refractivity contribution in [1.82, 2.24) is 4.31 Å². The molecule has 148 valence electrons. The summed E-state index contributed by atoms with van der Waals surface area (Å²) in [6.45, 7) is 1.53. The van der Waals surface area contributed by atoms with E-state index in [1.165, 1.54) is 18.2 Å². The number of carbonyl (C=O) groups is 1. The van der Waals surface area contributed by atoms with E-state index in [1.54, 1.807) is 37.3 Å². The number of aromatic carboxylic acids is 1. The summed E-state index contributed by atoms with van der Waals surface area (Å²) in [7, 11) is -7.65. The summed E-state index contributed by atoms with van der Waals surface area (Å²) in [6.07, 6.45) is 1.35. The smallest absolute Gasteiger partial charge is 0.335 e. The Morgan fingerprint density at radius 3 is 2.43 bits per heavy atom. The molecule has 0 aromatic heterocycles. The van der Waals surface area contributed by atoms with Gasteiger partial charge in [-0.3, -0.25) is 0 Å². The lowest BCUT2D eigenvalue weighted by Crippen LogP contribution is -2.40. The number of carboxylic acid groups (broad SMARTS) is 1. The third-order valence-corrected chi connectivity index (χ3v) is 7.87. The van der Waals surface area contributed by atoms with E-state index in [-0.39, 0.29) is 22.8 Å². The first-order chi connectivity index (χ1) is 13.1. The summed E-state index contributed by atoms with van der Waals surface area (Å²) in [5.74, 6) is -1.59. The number of hydrogen-bond acceptors (Lipinski definition) is 5. The van der Waals surface area contributed by atoms with Gasteiger partial charge in [0.25, 0.3) is 0 Å². The Bertz CT molecular complexity index is 1140. The van der Waals surface area contributed by atoms with Crippen LogP contribution in [-0.4, -0.2) is 44.0 Å². The average molecular weight is 421 g/mol. The van der Waals surface area contributed by atoms with Crippen molar-refractivity contribution in [2.75, 3.05) is 5.75 Å². The second-order valence-electron chi connectivity index (χ2n) is 6.55. The fraction of sp³-hybridized carbons (Fsp3) is 0.211. The molecule has 0 bridgehead atoms. The Morgan fingerprint density at radius 2 is 1.86 bits per heavy atom. The zero-order valence-corrected chi connectivity index (χ0v) is 16.7. The minimum atomic E-state index is -4.17. The van der Waals surface area contributed by atoms with Crippen LogP contribution in [0.2, 0.25) is 0 Å². The van der Waals surface area contributed by atoms with Gasteiger partial charge in [0, 0.05) is 12.0 Å². The van der Waals surface area contributed by atoms with Crippen molar-refractivity contribution in [2.45, 2.75) is 24.4 Å². The van der Waals surface area contributed by atoms with Gasteiger partial charge in [0.1, 0.15) is 0 Å². The number of rotatable bonds is 6. The molecule has 0 amide bonds. The van der Waals surface area contributed by atoms with Crippen molar-refractivity contribution in [1.29, 1.82) is 0 Å². The Balaban J connectivity index is 2.10. The molecular weight excluding hydrogens is 402 g/mol. The van der Waals surface area contributed by atoms with Crippen LogP contribution in [0.1, 0.15) is 21.5 Å². The molecule has 2 aromatic carbocycles. The summed E-state index contributed by atoms with van der Waals surface area (Å²) >= 11 is 0. The predicted molar refractivity (Wildman–Crippen MR) is 104 cm³/mol. The zero-order chi connectivity index (χ0) is 20.5. The molecule has 0 fully saturated rings. The van der Waals surface area contributed by atoms with Gasteiger partial charge in [-0.2, -0.15) is 4.31 Å². The monoisotopic (exact) mass is 421 g/mol. The SMILES string of the molecule is Cc1ccc(C(=O)O)cc1S(=O)(=O)N(Cc1ccccc1)[C@@H]1C=CS(=O)(=O)C1. The number of sulfonamides is 1. The highest BCUT2D eigenvalue weighted by Crippen LogP contribution is 2.28. The quantitative estimate of drug-likeness (QED) is 0.766. The Hall–Kier alpha value is -2.49. The summed E-state index contributed by atoms with van der Waals surface area (Å²) in [6, 6.07) is 11.8. The van der Waals surface area contributed by atoms with Crippen molar-refractivity contribution in [3.8, 4) is 0 Å². The molecule has 1 heterocycles. The van der Waals surface area contributed by atoms with Crippen LogP contribution >= 0.6 is 0 Å². The van der Waals surface area contributed by atoms with Crippen LogP contribution in [0.25, 0.3) is 0 Å². The molecule has 2 aromatic rings. The van der Waals surface area contributed by atoms with Gasteiger partial charge in [-0.15, -0.1) is 0 Å². The normalized spacial score (nSPS) is 18.4. The first-order valence-corrected chi connectivity index (χ1v) is 11.6. The number of carboxylic acids is 1. The molecule has 1 N–H and O–H groups in total. The van der Waals surface area contributed by atoms with E-state index in [2.05, 4.69) is 0 Å². The molecule has 7 nitrogen and oxygen atoms in total. The van der Waals surface area contributed by atoms with Crippen molar-refractivity contribution in [2.24, 2.45) is 0 Å². The summed E-state index contributed by atoms with van der Waals surface area (Å²) in [5, 5.41) is 10.2. The third-order valence-electron chi connectivity index (χ3n) is 4.48. The molecule has 0 radical (unpaired) electrons. The fourth-order valence-corrected chi connectivity index (χ4v) is 6.24. The van der Waals surface area contributed by atoms with E-state index >= 15 is 0 Å². The van der Waals surface area contributed by atoms with Crippen molar-refractivity contribution < 1.29 is 26.7 Å². The van der Waals surface area contributed by atoms with Gasteiger partial charge in [0.05, 0.1) is 22.3 Å². The van der Waals surface area contributed by atoms with Gasteiger partial charge >= 0.3 is 5.97 Å². The minimum absolute atomic E-state index is 0.0373. The number of sulfone groups is 1. The molecule has 1 atom stereocenters. The van der Waals surface area contributed by atoms with Gasteiger partial charge in [-0.05, 0) is 30.2 Å². The first-order valence-electron chi connectivity index (χ1n) is 8.41. The predicted octanol–water partition coefficient (Wildman–Crippen LogP) is 2.19. The molecule has 3 rings (SSSR count). The summed E-state index contributed by atoms with van der Waals surface area (Å²) in [5.41, 5.74) is 0.919. The van der Waals surface area contributed by atoms with Gasteiger partial charge in [-0.25, -0.2) is 21.6 Å². The van der Waals surface area contributed by atoms with Crippen LogP contribution in [0.4, 0.5) is 0 Å². The van der Waals surface area contributed by atoms with E-state index in [1.807, 2.05) is 0 Å². The average Bonchev–Trinajstić information content (AvgIpc) is 2.99.